The van der Waals surface area contributed by atoms with Gasteiger partial charge in [-0.25, -0.2) is 9.97 Å². The van der Waals surface area contributed by atoms with Gasteiger partial charge in [-0.05, 0) is 30.6 Å². The van der Waals surface area contributed by atoms with E-state index in [0.717, 1.165) is 29.5 Å². The van der Waals surface area contributed by atoms with Gasteiger partial charge in [0.25, 0.3) is 0 Å². The third-order valence-electron chi connectivity index (χ3n) is 3.90. The fourth-order valence-electron chi connectivity index (χ4n) is 2.56. The normalized spacial score (nSPS) is 15.5. The molecule has 0 saturated heterocycles. The summed E-state index contributed by atoms with van der Waals surface area (Å²) in [5.41, 5.74) is 2.66. The molecule has 111 valence electrons. The van der Waals surface area contributed by atoms with Gasteiger partial charge in [-0.3, -0.25) is 0 Å². The number of hydrogen-bond acceptors (Lipinski definition) is 4. The van der Waals surface area contributed by atoms with Gasteiger partial charge in [-0.15, -0.1) is 0 Å². The van der Waals surface area contributed by atoms with E-state index >= 15 is 0 Å². The van der Waals surface area contributed by atoms with Crippen LogP contribution in [0.15, 0.2) is 30.6 Å². The van der Waals surface area contributed by atoms with Crippen LogP contribution in [-0.2, 0) is 27.1 Å². The van der Waals surface area contributed by atoms with Crippen molar-refractivity contribution < 1.29 is 22.4 Å². The van der Waals surface area contributed by atoms with Crippen LogP contribution in [0.5, 0.6) is 0 Å². The molecule has 0 spiro atoms. The van der Waals surface area contributed by atoms with E-state index in [-0.39, 0.29) is 27.1 Å². The van der Waals surface area contributed by atoms with Gasteiger partial charge in [0.1, 0.15) is 5.15 Å². The maximum absolute atomic E-state index is 6.22. The minimum absolute atomic E-state index is 0. The van der Waals surface area contributed by atoms with Crippen molar-refractivity contribution in [2.75, 3.05) is 6.26 Å². The molecule has 3 aromatic heterocycles. The van der Waals surface area contributed by atoms with E-state index < -0.39 is 0 Å². The molecule has 0 N–H and O–H groups in total. The molecule has 4 nitrogen and oxygen atoms in total. The Morgan fingerprint density at radius 1 is 1.27 bits per heavy atom. The summed E-state index contributed by atoms with van der Waals surface area (Å²) >= 11 is 8.06. The second-order valence-corrected chi connectivity index (χ2v) is 6.72. The van der Waals surface area contributed by atoms with Crippen molar-refractivity contribution in [3.63, 3.8) is 0 Å². The van der Waals surface area contributed by atoms with E-state index in [1.165, 1.54) is 0 Å². The first kappa shape index (κ1) is 16.0. The van der Waals surface area contributed by atoms with E-state index in [2.05, 4.69) is 21.2 Å². The van der Waals surface area contributed by atoms with Gasteiger partial charge in [-0.2, -0.15) is 11.8 Å². The number of pyridine rings is 1. The molecular formula is C15H12ClN4STa-. The average Bonchev–Trinajstić information content (AvgIpc) is 3.16. The molecule has 0 amide bonds. The zero-order chi connectivity index (χ0) is 14.4. The molecule has 22 heavy (non-hydrogen) atoms. The number of fused-ring (bicyclic) bond motifs is 1. The van der Waals surface area contributed by atoms with Crippen molar-refractivity contribution >= 4 is 34.4 Å². The van der Waals surface area contributed by atoms with Crippen molar-refractivity contribution in [1.82, 2.24) is 19.9 Å². The SMILES string of the molecule is CSC1(c2cc(Cl)nc(-c3ccnc4[n-]ccc34)n2)CC1.[Ta]. The van der Waals surface area contributed by atoms with E-state index in [1.54, 1.807) is 12.4 Å². The van der Waals surface area contributed by atoms with Crippen molar-refractivity contribution in [3.05, 3.63) is 41.4 Å². The van der Waals surface area contributed by atoms with E-state index in [4.69, 9.17) is 16.6 Å². The maximum atomic E-state index is 6.22. The van der Waals surface area contributed by atoms with Crippen LogP contribution in [0, 0.1) is 0 Å². The van der Waals surface area contributed by atoms with Gasteiger partial charge >= 0.3 is 0 Å². The first-order chi connectivity index (χ1) is 10.2. The predicted molar refractivity (Wildman–Crippen MR) is 85.5 cm³/mol. The quantitative estimate of drug-likeness (QED) is 0.518. The molecule has 1 radical (unpaired) electrons. The first-order valence-electron chi connectivity index (χ1n) is 6.69. The summed E-state index contributed by atoms with van der Waals surface area (Å²) in [5, 5.41) is 1.44. The molecular weight excluding hydrogens is 485 g/mol. The van der Waals surface area contributed by atoms with Crippen LogP contribution >= 0.6 is 23.4 Å². The monoisotopic (exact) mass is 496 g/mol. The largest absolute Gasteiger partial charge is 0.442 e. The van der Waals surface area contributed by atoms with Crippen LogP contribution in [-0.4, -0.2) is 21.2 Å². The summed E-state index contributed by atoms with van der Waals surface area (Å²) in [6.45, 7) is 0. The first-order valence-corrected chi connectivity index (χ1v) is 8.29. The van der Waals surface area contributed by atoms with Crippen LogP contribution in [0.3, 0.4) is 0 Å². The Kier molecular flexibility index (Phi) is 4.36. The summed E-state index contributed by atoms with van der Waals surface area (Å²) in [6.07, 6.45) is 7.89. The Hall–Kier alpha value is -0.850. The third-order valence-corrected chi connectivity index (χ3v) is 5.50. The molecule has 1 fully saturated rings. The van der Waals surface area contributed by atoms with Crippen LogP contribution in [0.1, 0.15) is 18.5 Å². The van der Waals surface area contributed by atoms with Crippen molar-refractivity contribution in [1.29, 1.82) is 0 Å². The summed E-state index contributed by atoms with van der Waals surface area (Å²) in [4.78, 5) is 17.6. The smallest absolute Gasteiger partial charge is 0.161 e. The van der Waals surface area contributed by atoms with Crippen molar-refractivity contribution in [2.24, 2.45) is 0 Å². The van der Waals surface area contributed by atoms with E-state index in [1.807, 2.05) is 30.0 Å². The summed E-state index contributed by atoms with van der Waals surface area (Å²) in [6, 6.07) is 5.73. The fourth-order valence-corrected chi connectivity index (χ4v) is 3.56. The number of aromatic nitrogens is 4. The Labute approximate surface area is 153 Å². The minimum Gasteiger partial charge on any atom is -0.442 e. The molecule has 1 aliphatic rings. The molecule has 3 aromatic rings. The van der Waals surface area contributed by atoms with Crippen molar-refractivity contribution in [3.8, 4) is 11.4 Å². The Bertz CT molecular complexity index is 831. The second-order valence-electron chi connectivity index (χ2n) is 5.14. The Morgan fingerprint density at radius 2 is 2.09 bits per heavy atom. The molecule has 7 heteroatoms. The molecule has 0 bridgehead atoms. The zero-order valence-electron chi connectivity index (χ0n) is 11.8. The third kappa shape index (κ3) is 2.61. The molecule has 1 aliphatic carbocycles. The summed E-state index contributed by atoms with van der Waals surface area (Å²) < 4.78 is 0.123. The van der Waals surface area contributed by atoms with Crippen LogP contribution in [0.2, 0.25) is 5.15 Å². The molecule has 0 aromatic carbocycles. The Balaban J connectivity index is 0.00000144. The number of rotatable bonds is 3. The Morgan fingerprint density at radius 3 is 2.82 bits per heavy atom. The molecule has 0 atom stereocenters. The summed E-state index contributed by atoms with van der Waals surface area (Å²) in [7, 11) is 0. The topological polar surface area (TPSA) is 52.8 Å². The average molecular weight is 497 g/mol. The second kappa shape index (κ2) is 5.98. The van der Waals surface area contributed by atoms with Crippen LogP contribution in [0.4, 0.5) is 0 Å². The van der Waals surface area contributed by atoms with E-state index in [9.17, 15) is 0 Å². The molecule has 0 unspecified atom stereocenters. The summed E-state index contributed by atoms with van der Waals surface area (Å²) in [5.74, 6) is 0.651. The minimum atomic E-state index is 0. The molecule has 1 saturated carbocycles. The standard InChI is InChI=1S/C15H12ClN4S.Ta/c1-21-15(4-5-15)11-8-12(16)20-14(19-11)10-3-7-18-13-9(10)2-6-17-13;/h2-3,6-8H,4-5H2,1H3;/q-1;. The maximum Gasteiger partial charge on any atom is 0.161 e. The van der Waals surface area contributed by atoms with Gasteiger partial charge in [0.2, 0.25) is 0 Å². The van der Waals surface area contributed by atoms with Crippen LogP contribution < -0.4 is 4.98 Å². The van der Waals surface area contributed by atoms with Crippen LogP contribution in [0.25, 0.3) is 22.4 Å². The fraction of sp³-hybridized carbons (Fsp3) is 0.267. The molecule has 4 rings (SSSR count). The number of nitrogens with zero attached hydrogens (tertiary/aromatic N) is 4. The van der Waals surface area contributed by atoms with Gasteiger partial charge < -0.3 is 9.97 Å². The van der Waals surface area contributed by atoms with Crippen molar-refractivity contribution in [2.45, 2.75) is 17.6 Å². The van der Waals surface area contributed by atoms with Gasteiger partial charge in [-0.1, -0.05) is 41.8 Å². The zero-order valence-corrected chi connectivity index (χ0v) is 16.6. The number of hydrogen-bond donors (Lipinski definition) is 0. The molecule has 3 heterocycles. The van der Waals surface area contributed by atoms with E-state index in [0.29, 0.717) is 16.6 Å². The number of thioether (sulfide) groups is 1. The van der Waals surface area contributed by atoms with Gasteiger partial charge in [0.05, 0.1) is 10.4 Å². The molecule has 0 aliphatic heterocycles. The van der Waals surface area contributed by atoms with Gasteiger partial charge in [0, 0.05) is 27.9 Å². The number of halogens is 1. The van der Waals surface area contributed by atoms with Gasteiger partial charge in [0.15, 0.2) is 5.82 Å². The predicted octanol–water partition coefficient (Wildman–Crippen LogP) is 3.65.